The van der Waals surface area contributed by atoms with E-state index >= 15 is 0 Å². The van der Waals surface area contributed by atoms with Crippen molar-refractivity contribution in [2.75, 3.05) is 0 Å². The number of rotatable bonds is 2. The minimum Gasteiger partial charge on any atom is -0.338 e. The van der Waals surface area contributed by atoms with Crippen molar-refractivity contribution in [1.82, 2.24) is 4.57 Å². The zero-order valence-corrected chi connectivity index (χ0v) is 10.7. The largest absolute Gasteiger partial charge is 0.338 e. The Morgan fingerprint density at radius 1 is 0.944 bits per heavy atom. The lowest BCUT2D eigenvalue weighted by atomic mass is 9.50. The van der Waals surface area contributed by atoms with E-state index in [0.29, 0.717) is 5.92 Å². The smallest absolute Gasteiger partial charge is 0.123 e. The first kappa shape index (κ1) is 10.7. The van der Waals surface area contributed by atoms with Gasteiger partial charge in [0.2, 0.25) is 0 Å². The van der Waals surface area contributed by atoms with E-state index in [2.05, 4.69) is 23.0 Å². The average Bonchev–Trinajstić information content (AvgIpc) is 2.86. The number of nitrogens with zero attached hydrogens (tertiary/aromatic N) is 2. The molecule has 1 heterocycles. The van der Waals surface area contributed by atoms with Crippen LogP contribution in [0.25, 0.3) is 0 Å². The molecular formula is C16H20N2. The van der Waals surface area contributed by atoms with Gasteiger partial charge in [0.1, 0.15) is 6.04 Å². The van der Waals surface area contributed by atoms with E-state index in [1.54, 1.807) is 0 Å². The molecule has 5 rings (SSSR count). The van der Waals surface area contributed by atoms with Gasteiger partial charge in [-0.05, 0) is 73.8 Å². The van der Waals surface area contributed by atoms with Gasteiger partial charge >= 0.3 is 0 Å². The Labute approximate surface area is 109 Å². The van der Waals surface area contributed by atoms with Gasteiger partial charge in [-0.15, -0.1) is 0 Å². The van der Waals surface area contributed by atoms with Gasteiger partial charge in [0.05, 0.1) is 6.07 Å². The van der Waals surface area contributed by atoms with Crippen molar-refractivity contribution in [2.45, 2.75) is 38.1 Å². The molecule has 4 saturated carbocycles. The first-order chi connectivity index (χ1) is 8.85. The van der Waals surface area contributed by atoms with E-state index in [1.165, 1.54) is 32.1 Å². The molecule has 1 unspecified atom stereocenters. The van der Waals surface area contributed by atoms with E-state index in [4.69, 9.17) is 0 Å². The Morgan fingerprint density at radius 2 is 1.50 bits per heavy atom. The van der Waals surface area contributed by atoms with Crippen LogP contribution in [0, 0.1) is 40.9 Å². The molecule has 1 aromatic rings. The third kappa shape index (κ3) is 1.46. The van der Waals surface area contributed by atoms with Crippen molar-refractivity contribution in [3.63, 3.8) is 0 Å². The monoisotopic (exact) mass is 240 g/mol. The first-order valence-corrected chi connectivity index (χ1v) is 7.37. The van der Waals surface area contributed by atoms with Gasteiger partial charge in [-0.3, -0.25) is 0 Å². The normalized spacial score (nSPS) is 42.7. The fourth-order valence-corrected chi connectivity index (χ4v) is 5.37. The molecule has 4 fully saturated rings. The van der Waals surface area contributed by atoms with Crippen LogP contribution < -0.4 is 0 Å². The van der Waals surface area contributed by atoms with E-state index < -0.39 is 0 Å². The molecule has 0 spiro atoms. The lowest BCUT2D eigenvalue weighted by Crippen LogP contribution is -2.47. The molecule has 1 atom stereocenters. The van der Waals surface area contributed by atoms with E-state index in [-0.39, 0.29) is 6.04 Å². The second-order valence-corrected chi connectivity index (χ2v) is 6.71. The maximum absolute atomic E-state index is 9.61. The zero-order valence-electron chi connectivity index (χ0n) is 10.7. The first-order valence-electron chi connectivity index (χ1n) is 7.37. The molecule has 0 N–H and O–H groups in total. The average molecular weight is 240 g/mol. The third-order valence-electron chi connectivity index (χ3n) is 5.75. The van der Waals surface area contributed by atoms with Gasteiger partial charge < -0.3 is 4.57 Å². The van der Waals surface area contributed by atoms with Gasteiger partial charge in [-0.2, -0.15) is 5.26 Å². The highest BCUT2D eigenvalue weighted by Gasteiger charge is 2.50. The van der Waals surface area contributed by atoms with Crippen LogP contribution in [-0.4, -0.2) is 4.57 Å². The Morgan fingerprint density at radius 3 is 2.00 bits per heavy atom. The van der Waals surface area contributed by atoms with Crippen LogP contribution in [-0.2, 0) is 0 Å². The van der Waals surface area contributed by atoms with Crippen LogP contribution in [0.5, 0.6) is 0 Å². The summed E-state index contributed by atoms with van der Waals surface area (Å²) in [4.78, 5) is 0. The summed E-state index contributed by atoms with van der Waals surface area (Å²) in [7, 11) is 0. The third-order valence-corrected chi connectivity index (χ3v) is 5.75. The number of hydrogen-bond donors (Lipinski definition) is 0. The molecule has 0 aliphatic heterocycles. The quantitative estimate of drug-likeness (QED) is 0.776. The highest BCUT2D eigenvalue weighted by Crippen LogP contribution is 2.58. The molecular weight excluding hydrogens is 220 g/mol. The van der Waals surface area contributed by atoms with Gasteiger partial charge in [0, 0.05) is 12.4 Å². The predicted molar refractivity (Wildman–Crippen MR) is 69.6 cm³/mol. The van der Waals surface area contributed by atoms with Crippen molar-refractivity contribution in [2.24, 2.45) is 29.6 Å². The van der Waals surface area contributed by atoms with E-state index in [1.807, 2.05) is 12.1 Å². The summed E-state index contributed by atoms with van der Waals surface area (Å²) in [5.41, 5.74) is 0. The molecule has 4 aliphatic carbocycles. The fourth-order valence-electron chi connectivity index (χ4n) is 5.37. The summed E-state index contributed by atoms with van der Waals surface area (Å²) >= 11 is 0. The number of hydrogen-bond acceptors (Lipinski definition) is 1. The lowest BCUT2D eigenvalue weighted by Gasteiger charge is -2.55. The maximum Gasteiger partial charge on any atom is 0.123 e. The van der Waals surface area contributed by atoms with Gasteiger partial charge in [0.25, 0.3) is 0 Å². The number of aromatic nitrogens is 1. The van der Waals surface area contributed by atoms with Crippen LogP contribution in [0.4, 0.5) is 0 Å². The SMILES string of the molecule is N#CC(C1C2CC3CC(C2)CC1C3)n1cccc1. The molecule has 18 heavy (non-hydrogen) atoms. The highest BCUT2D eigenvalue weighted by atomic mass is 15.0. The number of nitriles is 1. The molecule has 4 bridgehead atoms. The second kappa shape index (κ2) is 3.88. The Balaban J connectivity index is 1.66. The van der Waals surface area contributed by atoms with Crippen LogP contribution in [0.15, 0.2) is 24.5 Å². The summed E-state index contributed by atoms with van der Waals surface area (Å²) in [6.45, 7) is 0. The summed E-state index contributed by atoms with van der Waals surface area (Å²) in [5, 5.41) is 9.61. The zero-order chi connectivity index (χ0) is 12.1. The molecule has 1 aromatic heterocycles. The van der Waals surface area contributed by atoms with Crippen LogP contribution in [0.2, 0.25) is 0 Å². The molecule has 4 aliphatic rings. The van der Waals surface area contributed by atoms with Crippen molar-refractivity contribution < 1.29 is 0 Å². The topological polar surface area (TPSA) is 28.7 Å². The Bertz CT molecular complexity index is 440. The molecule has 2 nitrogen and oxygen atoms in total. The molecule has 0 aromatic carbocycles. The van der Waals surface area contributed by atoms with Crippen molar-refractivity contribution in [3.8, 4) is 6.07 Å². The predicted octanol–water partition coefficient (Wildman–Crippen LogP) is 3.63. The van der Waals surface area contributed by atoms with Crippen molar-refractivity contribution in [1.29, 1.82) is 5.26 Å². The fraction of sp³-hybridized carbons (Fsp3) is 0.688. The van der Waals surface area contributed by atoms with Crippen LogP contribution in [0.1, 0.15) is 38.1 Å². The molecule has 0 saturated heterocycles. The Hall–Kier alpha value is -1.23. The standard InChI is InChI=1S/C16H20N2/c17-10-15(18-3-1-2-4-18)16-13-6-11-5-12(8-13)9-14(16)7-11/h1-4,11-16H,5-9H2. The molecule has 94 valence electrons. The van der Waals surface area contributed by atoms with Gasteiger partial charge in [-0.25, -0.2) is 0 Å². The lowest BCUT2D eigenvalue weighted by molar-refractivity contribution is -0.0496. The summed E-state index contributed by atoms with van der Waals surface area (Å²) in [6, 6.07) is 6.76. The van der Waals surface area contributed by atoms with Gasteiger partial charge in [0.15, 0.2) is 0 Å². The Kier molecular flexibility index (Phi) is 2.30. The summed E-state index contributed by atoms with van der Waals surface area (Å²) in [6.07, 6.45) is 11.2. The van der Waals surface area contributed by atoms with E-state index in [9.17, 15) is 5.26 Å². The molecule has 0 amide bonds. The van der Waals surface area contributed by atoms with Gasteiger partial charge in [-0.1, -0.05) is 0 Å². The summed E-state index contributed by atoms with van der Waals surface area (Å²) in [5.74, 6) is 4.26. The van der Waals surface area contributed by atoms with Crippen LogP contribution in [0.3, 0.4) is 0 Å². The minimum absolute atomic E-state index is 0.0787. The minimum atomic E-state index is 0.0787. The second-order valence-electron chi connectivity index (χ2n) is 6.71. The van der Waals surface area contributed by atoms with Crippen molar-refractivity contribution >= 4 is 0 Å². The molecule has 0 radical (unpaired) electrons. The van der Waals surface area contributed by atoms with Crippen molar-refractivity contribution in [3.05, 3.63) is 24.5 Å². The summed E-state index contributed by atoms with van der Waals surface area (Å²) < 4.78 is 2.15. The van der Waals surface area contributed by atoms with E-state index in [0.717, 1.165) is 23.7 Å². The van der Waals surface area contributed by atoms with Crippen LogP contribution >= 0.6 is 0 Å². The molecule has 2 heteroatoms. The highest BCUT2D eigenvalue weighted by molar-refractivity contribution is 5.08. The maximum atomic E-state index is 9.61.